The van der Waals surface area contributed by atoms with E-state index in [1.807, 2.05) is 13.8 Å². The lowest BCUT2D eigenvalue weighted by atomic mass is 10.2. The van der Waals surface area contributed by atoms with Crippen molar-refractivity contribution in [1.29, 1.82) is 0 Å². The van der Waals surface area contributed by atoms with E-state index >= 15 is 0 Å². The van der Waals surface area contributed by atoms with Crippen molar-refractivity contribution >= 4 is 17.6 Å². The van der Waals surface area contributed by atoms with Crippen molar-refractivity contribution < 1.29 is 24.3 Å². The van der Waals surface area contributed by atoms with Gasteiger partial charge < -0.3 is 20.0 Å². The zero-order valence-electron chi connectivity index (χ0n) is 9.80. The van der Waals surface area contributed by atoms with E-state index in [2.05, 4.69) is 10.5 Å². The van der Waals surface area contributed by atoms with E-state index < -0.39 is 12.1 Å². The first-order chi connectivity index (χ1) is 8.00. The topological polar surface area (TPSA) is 97.2 Å². The van der Waals surface area contributed by atoms with E-state index in [-0.39, 0.29) is 24.1 Å². The number of amides is 1. The fourth-order valence-electron chi connectivity index (χ4n) is 1.23. The van der Waals surface area contributed by atoms with Gasteiger partial charge in [0.15, 0.2) is 5.71 Å². The van der Waals surface area contributed by atoms with Crippen molar-refractivity contribution in [2.75, 3.05) is 13.2 Å². The van der Waals surface area contributed by atoms with Gasteiger partial charge in [0, 0.05) is 13.0 Å². The molecule has 17 heavy (non-hydrogen) atoms. The average molecular weight is 244 g/mol. The Labute approximate surface area is 98.8 Å². The van der Waals surface area contributed by atoms with Gasteiger partial charge in [-0.2, -0.15) is 0 Å². The molecule has 0 saturated heterocycles. The molecule has 1 atom stereocenters. The quantitative estimate of drug-likeness (QED) is 0.628. The largest absolute Gasteiger partial charge is 0.477 e. The predicted molar refractivity (Wildman–Crippen MR) is 58.7 cm³/mol. The summed E-state index contributed by atoms with van der Waals surface area (Å²) in [4.78, 5) is 26.8. The Morgan fingerprint density at radius 1 is 1.65 bits per heavy atom. The highest BCUT2D eigenvalue weighted by molar-refractivity contribution is 6.36. The third-order valence-corrected chi connectivity index (χ3v) is 2.06. The van der Waals surface area contributed by atoms with Crippen molar-refractivity contribution in [3.8, 4) is 0 Å². The Hall–Kier alpha value is -1.63. The van der Waals surface area contributed by atoms with Crippen molar-refractivity contribution in [3.63, 3.8) is 0 Å². The molecule has 1 amide bonds. The molecule has 2 N–H and O–H groups in total. The lowest BCUT2D eigenvalue weighted by molar-refractivity contribution is -0.131. The summed E-state index contributed by atoms with van der Waals surface area (Å²) in [7, 11) is 0. The Bertz CT molecular complexity index is 327. The summed E-state index contributed by atoms with van der Waals surface area (Å²) in [6.07, 6.45) is -0.747. The van der Waals surface area contributed by atoms with Gasteiger partial charge in [-0.1, -0.05) is 5.16 Å². The zero-order chi connectivity index (χ0) is 12.8. The Balaban J connectivity index is 2.20. The minimum atomic E-state index is -1.16. The van der Waals surface area contributed by atoms with Crippen LogP contribution in [0.4, 0.5) is 0 Å². The number of nitrogens with one attached hydrogen (secondary N) is 1. The molecule has 0 aromatic heterocycles. The maximum absolute atomic E-state index is 11.5. The molecule has 1 aliphatic rings. The average Bonchev–Trinajstić information content (AvgIpc) is 2.73. The van der Waals surface area contributed by atoms with Crippen LogP contribution in [0.5, 0.6) is 0 Å². The van der Waals surface area contributed by atoms with Gasteiger partial charge in [0.05, 0.1) is 12.7 Å². The van der Waals surface area contributed by atoms with Crippen molar-refractivity contribution in [2.45, 2.75) is 32.5 Å². The summed E-state index contributed by atoms with van der Waals surface area (Å²) in [5.74, 6) is -1.54. The normalized spacial score (nSPS) is 18.8. The molecule has 0 saturated carbocycles. The number of carbonyl (C=O) groups is 2. The first-order valence-corrected chi connectivity index (χ1v) is 5.36. The number of ether oxygens (including phenoxy) is 1. The molecule has 0 spiro atoms. The number of carboxylic acid groups (broad SMARTS) is 1. The van der Waals surface area contributed by atoms with Gasteiger partial charge in [0.2, 0.25) is 6.10 Å². The van der Waals surface area contributed by atoms with Gasteiger partial charge in [-0.3, -0.25) is 4.79 Å². The van der Waals surface area contributed by atoms with Crippen LogP contribution in [-0.2, 0) is 19.2 Å². The summed E-state index contributed by atoms with van der Waals surface area (Å²) in [6, 6.07) is 0. The molecule has 1 rings (SSSR count). The maximum atomic E-state index is 11.5. The number of hydrogen-bond acceptors (Lipinski definition) is 5. The number of aliphatic carboxylic acids is 1. The minimum absolute atomic E-state index is 0.00773. The van der Waals surface area contributed by atoms with E-state index in [4.69, 9.17) is 14.7 Å². The molecule has 1 heterocycles. The Morgan fingerprint density at radius 2 is 2.35 bits per heavy atom. The number of rotatable bonds is 6. The van der Waals surface area contributed by atoms with E-state index in [0.29, 0.717) is 13.2 Å². The number of hydrogen-bond donors (Lipinski definition) is 2. The van der Waals surface area contributed by atoms with Crippen LogP contribution in [-0.4, -0.2) is 48.1 Å². The highest BCUT2D eigenvalue weighted by atomic mass is 16.6. The third-order valence-electron chi connectivity index (χ3n) is 2.06. The van der Waals surface area contributed by atoms with E-state index in [0.717, 1.165) is 0 Å². The molecule has 1 aliphatic heterocycles. The highest BCUT2D eigenvalue weighted by Gasteiger charge is 2.31. The minimum Gasteiger partial charge on any atom is -0.477 e. The fourth-order valence-corrected chi connectivity index (χ4v) is 1.23. The SMILES string of the molecule is CC(C)OCCNC(=O)C1CC(C(=O)O)=NO1. The zero-order valence-corrected chi connectivity index (χ0v) is 9.80. The van der Waals surface area contributed by atoms with E-state index in [9.17, 15) is 9.59 Å². The Morgan fingerprint density at radius 3 is 2.88 bits per heavy atom. The van der Waals surface area contributed by atoms with Gasteiger partial charge in [-0.25, -0.2) is 4.79 Å². The second-order valence-electron chi connectivity index (χ2n) is 3.85. The molecule has 7 nitrogen and oxygen atoms in total. The first-order valence-electron chi connectivity index (χ1n) is 5.36. The highest BCUT2D eigenvalue weighted by Crippen LogP contribution is 2.10. The smallest absolute Gasteiger partial charge is 0.353 e. The van der Waals surface area contributed by atoms with Crippen LogP contribution < -0.4 is 5.32 Å². The Kier molecular flexibility index (Phi) is 4.89. The second-order valence-corrected chi connectivity index (χ2v) is 3.85. The van der Waals surface area contributed by atoms with Crippen LogP contribution in [0, 0.1) is 0 Å². The molecule has 0 aliphatic carbocycles. The maximum Gasteiger partial charge on any atom is 0.353 e. The molecule has 1 unspecified atom stereocenters. The molecular formula is C10H16N2O5. The van der Waals surface area contributed by atoms with E-state index in [1.54, 1.807) is 0 Å². The van der Waals surface area contributed by atoms with Gasteiger partial charge in [0.25, 0.3) is 5.91 Å². The van der Waals surface area contributed by atoms with Gasteiger partial charge in [0.1, 0.15) is 0 Å². The lowest BCUT2D eigenvalue weighted by Gasteiger charge is -2.10. The number of carbonyl (C=O) groups excluding carboxylic acids is 1. The van der Waals surface area contributed by atoms with Crippen molar-refractivity contribution in [1.82, 2.24) is 5.32 Å². The fraction of sp³-hybridized carbons (Fsp3) is 0.700. The monoisotopic (exact) mass is 244 g/mol. The van der Waals surface area contributed by atoms with Crippen LogP contribution in [0.2, 0.25) is 0 Å². The second kappa shape index (κ2) is 6.19. The molecule has 7 heteroatoms. The van der Waals surface area contributed by atoms with Crippen LogP contribution >= 0.6 is 0 Å². The van der Waals surface area contributed by atoms with Crippen LogP contribution in [0.15, 0.2) is 5.16 Å². The predicted octanol–water partition coefficient (Wildman–Crippen LogP) is -0.243. The molecule has 0 bridgehead atoms. The summed E-state index contributed by atoms with van der Waals surface area (Å²) < 4.78 is 5.24. The molecule has 0 fully saturated rings. The summed E-state index contributed by atoms with van der Waals surface area (Å²) >= 11 is 0. The summed E-state index contributed by atoms with van der Waals surface area (Å²) in [6.45, 7) is 4.56. The number of oxime groups is 1. The van der Waals surface area contributed by atoms with E-state index in [1.165, 1.54) is 0 Å². The van der Waals surface area contributed by atoms with Crippen LogP contribution in [0.25, 0.3) is 0 Å². The third kappa shape index (κ3) is 4.39. The van der Waals surface area contributed by atoms with Crippen LogP contribution in [0.1, 0.15) is 20.3 Å². The van der Waals surface area contributed by atoms with Crippen molar-refractivity contribution in [3.05, 3.63) is 0 Å². The molecular weight excluding hydrogens is 228 g/mol. The van der Waals surface area contributed by atoms with Gasteiger partial charge >= 0.3 is 5.97 Å². The molecule has 0 aromatic carbocycles. The standard InChI is InChI=1S/C10H16N2O5/c1-6(2)16-4-3-11-9(13)8-5-7(10(14)15)12-17-8/h6,8H,3-5H2,1-2H3,(H,11,13)(H,14,15). The first kappa shape index (κ1) is 13.4. The summed E-state index contributed by atoms with van der Waals surface area (Å²) in [5, 5.41) is 14.5. The van der Waals surface area contributed by atoms with Gasteiger partial charge in [-0.05, 0) is 13.8 Å². The molecule has 0 radical (unpaired) electrons. The van der Waals surface area contributed by atoms with Crippen molar-refractivity contribution in [2.24, 2.45) is 5.16 Å². The summed E-state index contributed by atoms with van der Waals surface area (Å²) in [5.41, 5.74) is -0.136. The van der Waals surface area contributed by atoms with Gasteiger partial charge in [-0.15, -0.1) is 0 Å². The van der Waals surface area contributed by atoms with Crippen LogP contribution in [0.3, 0.4) is 0 Å². The number of carboxylic acids is 1. The lowest BCUT2D eigenvalue weighted by Crippen LogP contribution is -2.37. The molecule has 0 aromatic rings. The number of nitrogens with zero attached hydrogens (tertiary/aromatic N) is 1. The molecule has 96 valence electrons.